The molecule has 140 valence electrons. The summed E-state index contributed by atoms with van der Waals surface area (Å²) in [5.41, 5.74) is 2.29. The first-order chi connectivity index (χ1) is 11.9. The minimum atomic E-state index is -4.22. The Morgan fingerprint density at radius 1 is 1.28 bits per heavy atom. The summed E-state index contributed by atoms with van der Waals surface area (Å²) in [5, 5.41) is 7.09. The zero-order chi connectivity index (χ0) is 18.0. The summed E-state index contributed by atoms with van der Waals surface area (Å²) >= 11 is 0. The first kappa shape index (κ1) is 18.2. The molecule has 1 aromatic heterocycles. The number of rotatable bonds is 4. The highest BCUT2D eigenvalue weighted by atomic mass is 19.4. The molecule has 0 spiro atoms. The van der Waals surface area contributed by atoms with Crippen molar-refractivity contribution in [2.45, 2.75) is 64.2 Å². The van der Waals surface area contributed by atoms with E-state index in [1.54, 1.807) is 0 Å². The third kappa shape index (κ3) is 4.16. The Hall–Kier alpha value is -1.57. The molecule has 0 bridgehead atoms. The minimum Gasteiger partial charge on any atom is -0.337 e. The molecule has 1 amide bonds. The number of carbonyl (C=O) groups excluding carboxylic acids is 1. The van der Waals surface area contributed by atoms with E-state index in [1.807, 2.05) is 16.5 Å². The summed E-state index contributed by atoms with van der Waals surface area (Å²) in [4.78, 5) is 14.7. The summed E-state index contributed by atoms with van der Waals surface area (Å²) in [6.07, 6.45) is 0.622. The number of amides is 1. The van der Waals surface area contributed by atoms with Gasteiger partial charge in [0, 0.05) is 36.9 Å². The lowest BCUT2D eigenvalue weighted by molar-refractivity contribution is -0.126. The molecular weight excluding hydrogens is 333 g/mol. The van der Waals surface area contributed by atoms with E-state index in [0.29, 0.717) is 31.5 Å². The number of piperidine rings is 1. The Bertz CT molecular complexity index is 620. The monoisotopic (exact) mass is 358 g/mol. The third-order valence-corrected chi connectivity index (χ3v) is 5.08. The average molecular weight is 358 g/mol. The largest absolute Gasteiger partial charge is 0.401 e. The van der Waals surface area contributed by atoms with E-state index in [-0.39, 0.29) is 11.9 Å². The highest BCUT2D eigenvalue weighted by Crippen LogP contribution is 2.27. The zero-order valence-electron chi connectivity index (χ0n) is 14.5. The summed E-state index contributed by atoms with van der Waals surface area (Å²) in [6.45, 7) is 3.11. The van der Waals surface area contributed by atoms with E-state index in [4.69, 9.17) is 0 Å². The van der Waals surface area contributed by atoms with E-state index in [1.165, 1.54) is 0 Å². The van der Waals surface area contributed by atoms with Gasteiger partial charge in [0.25, 0.3) is 5.91 Å². The number of nitrogens with one attached hydrogen (secondary N) is 1. The molecule has 1 fully saturated rings. The van der Waals surface area contributed by atoms with Crippen molar-refractivity contribution < 1.29 is 18.0 Å². The van der Waals surface area contributed by atoms with Crippen LogP contribution in [0.4, 0.5) is 13.2 Å². The van der Waals surface area contributed by atoms with E-state index in [2.05, 4.69) is 10.4 Å². The topological polar surface area (TPSA) is 50.2 Å². The quantitative estimate of drug-likeness (QED) is 0.900. The molecule has 25 heavy (non-hydrogen) atoms. The van der Waals surface area contributed by atoms with Crippen LogP contribution in [-0.4, -0.2) is 52.4 Å². The van der Waals surface area contributed by atoms with Gasteiger partial charge in [0.15, 0.2) is 5.69 Å². The van der Waals surface area contributed by atoms with E-state index in [0.717, 1.165) is 43.6 Å². The van der Waals surface area contributed by atoms with Crippen LogP contribution in [0.1, 0.15) is 54.4 Å². The highest BCUT2D eigenvalue weighted by molar-refractivity contribution is 5.94. The molecule has 0 saturated carbocycles. The van der Waals surface area contributed by atoms with E-state index < -0.39 is 12.7 Å². The molecule has 3 rings (SSSR count). The second kappa shape index (κ2) is 7.35. The Morgan fingerprint density at radius 3 is 2.64 bits per heavy atom. The fourth-order valence-corrected chi connectivity index (χ4v) is 3.80. The molecule has 0 radical (unpaired) electrons. The predicted molar refractivity (Wildman–Crippen MR) is 87.5 cm³/mol. The Balaban J connectivity index is 1.79. The number of alkyl halides is 3. The van der Waals surface area contributed by atoms with Crippen LogP contribution < -0.4 is 5.32 Å². The summed E-state index contributed by atoms with van der Waals surface area (Å²) < 4.78 is 39.3. The number of aryl methyl sites for hydroxylation is 1. The van der Waals surface area contributed by atoms with Crippen LogP contribution >= 0.6 is 0 Å². The number of fused-ring (bicyclic) bond motifs is 1. The van der Waals surface area contributed by atoms with E-state index >= 15 is 0 Å². The van der Waals surface area contributed by atoms with Crippen molar-refractivity contribution in [3.8, 4) is 0 Å². The van der Waals surface area contributed by atoms with Crippen LogP contribution in [0, 0.1) is 0 Å². The van der Waals surface area contributed by atoms with E-state index in [9.17, 15) is 18.0 Å². The standard InChI is InChI=1S/C17H25F3N4O/c1-2-24-14-7-6-12(21-11-17(18,19)20)10-13(14)15(22-24)16(25)23-8-4-3-5-9-23/h12,21H,2-11H2,1H3. The second-order valence-electron chi connectivity index (χ2n) is 6.88. The number of hydrogen-bond donors (Lipinski definition) is 1. The molecule has 2 heterocycles. The lowest BCUT2D eigenvalue weighted by Gasteiger charge is -2.28. The predicted octanol–water partition coefficient (Wildman–Crippen LogP) is 2.54. The number of aromatic nitrogens is 2. The number of carbonyl (C=O) groups is 1. The number of nitrogens with zero attached hydrogens (tertiary/aromatic N) is 3. The molecule has 5 nitrogen and oxygen atoms in total. The normalized spacial score (nSPS) is 21.3. The van der Waals surface area contributed by atoms with Gasteiger partial charge in [-0.2, -0.15) is 18.3 Å². The number of halogens is 3. The molecule has 1 aromatic rings. The van der Waals surface area contributed by atoms with Crippen LogP contribution in [0.3, 0.4) is 0 Å². The number of hydrogen-bond acceptors (Lipinski definition) is 3. The molecule has 1 aliphatic carbocycles. The van der Waals surface area contributed by atoms with Gasteiger partial charge in [0.05, 0.1) is 6.54 Å². The summed E-state index contributed by atoms with van der Waals surface area (Å²) in [7, 11) is 0. The lowest BCUT2D eigenvalue weighted by Crippen LogP contribution is -2.41. The second-order valence-corrected chi connectivity index (χ2v) is 6.88. The molecule has 8 heteroatoms. The Kier molecular flexibility index (Phi) is 5.36. The van der Waals surface area contributed by atoms with Crippen molar-refractivity contribution in [3.63, 3.8) is 0 Å². The van der Waals surface area contributed by atoms with Gasteiger partial charge in [-0.1, -0.05) is 0 Å². The van der Waals surface area contributed by atoms with Crippen LogP contribution in [0.2, 0.25) is 0 Å². The van der Waals surface area contributed by atoms with Crippen LogP contribution in [0.15, 0.2) is 0 Å². The van der Waals surface area contributed by atoms with Gasteiger partial charge < -0.3 is 10.2 Å². The van der Waals surface area contributed by atoms with Crippen molar-refractivity contribution in [2.75, 3.05) is 19.6 Å². The Morgan fingerprint density at radius 2 is 2.00 bits per heavy atom. The van der Waals surface area contributed by atoms with Crippen molar-refractivity contribution in [2.24, 2.45) is 0 Å². The van der Waals surface area contributed by atoms with Gasteiger partial charge in [-0.05, 0) is 45.4 Å². The van der Waals surface area contributed by atoms with Crippen LogP contribution in [0.5, 0.6) is 0 Å². The van der Waals surface area contributed by atoms with Gasteiger partial charge >= 0.3 is 6.18 Å². The maximum atomic E-state index is 12.9. The molecular formula is C17H25F3N4O. The van der Waals surface area contributed by atoms with Crippen molar-refractivity contribution >= 4 is 5.91 Å². The fraction of sp³-hybridized carbons (Fsp3) is 0.765. The maximum absolute atomic E-state index is 12.9. The van der Waals surface area contributed by atoms with Crippen LogP contribution in [0.25, 0.3) is 0 Å². The number of likely N-dealkylation sites (tertiary alicyclic amines) is 1. The van der Waals surface area contributed by atoms with Gasteiger partial charge in [0.2, 0.25) is 0 Å². The van der Waals surface area contributed by atoms with Crippen LogP contribution in [-0.2, 0) is 19.4 Å². The van der Waals surface area contributed by atoms with Crippen molar-refractivity contribution in [3.05, 3.63) is 17.0 Å². The Labute approximate surface area is 145 Å². The molecule has 1 unspecified atom stereocenters. The molecule has 1 N–H and O–H groups in total. The summed E-state index contributed by atoms with van der Waals surface area (Å²) in [5.74, 6) is -0.0698. The molecule has 2 aliphatic rings. The molecule has 1 aliphatic heterocycles. The molecule has 1 atom stereocenters. The fourth-order valence-electron chi connectivity index (χ4n) is 3.80. The third-order valence-electron chi connectivity index (χ3n) is 5.08. The lowest BCUT2D eigenvalue weighted by atomic mass is 9.91. The minimum absolute atomic E-state index is 0.0698. The maximum Gasteiger partial charge on any atom is 0.401 e. The van der Waals surface area contributed by atoms with Gasteiger partial charge in [-0.3, -0.25) is 9.48 Å². The zero-order valence-corrected chi connectivity index (χ0v) is 14.5. The summed E-state index contributed by atoms with van der Waals surface area (Å²) in [6, 6.07) is -0.267. The highest BCUT2D eigenvalue weighted by Gasteiger charge is 2.33. The smallest absolute Gasteiger partial charge is 0.337 e. The first-order valence-electron chi connectivity index (χ1n) is 9.07. The van der Waals surface area contributed by atoms with Gasteiger partial charge in [0.1, 0.15) is 0 Å². The van der Waals surface area contributed by atoms with Crippen molar-refractivity contribution in [1.82, 2.24) is 20.0 Å². The molecule has 1 saturated heterocycles. The SMILES string of the molecule is CCn1nc(C(=O)N2CCCCC2)c2c1CCC(NCC(F)(F)F)C2. The van der Waals surface area contributed by atoms with Gasteiger partial charge in [-0.25, -0.2) is 0 Å². The molecule has 0 aromatic carbocycles. The first-order valence-corrected chi connectivity index (χ1v) is 9.07. The van der Waals surface area contributed by atoms with Gasteiger partial charge in [-0.15, -0.1) is 0 Å². The average Bonchev–Trinajstić information content (AvgIpc) is 2.97. The van der Waals surface area contributed by atoms with Crippen molar-refractivity contribution in [1.29, 1.82) is 0 Å².